The molecule has 3 rings (SSSR count). The molecule has 7 nitrogen and oxygen atoms in total. The maximum absolute atomic E-state index is 13.0. The normalized spacial score (nSPS) is 10.9. The summed E-state index contributed by atoms with van der Waals surface area (Å²) in [4.78, 5) is 12.7. The average Bonchev–Trinajstić information content (AvgIpc) is 2.82. The van der Waals surface area contributed by atoms with Gasteiger partial charge in [0.15, 0.2) is 0 Å². The molecule has 0 aliphatic rings. The summed E-state index contributed by atoms with van der Waals surface area (Å²) in [6.07, 6.45) is 0. The summed E-state index contributed by atoms with van der Waals surface area (Å²) in [5, 5.41) is 2.84. The summed E-state index contributed by atoms with van der Waals surface area (Å²) >= 11 is 0. The number of rotatable bonds is 8. The molecular formula is C23H24N2O5S. The largest absolute Gasteiger partial charge is 0.497 e. The molecule has 0 fully saturated rings. The summed E-state index contributed by atoms with van der Waals surface area (Å²) in [6, 6.07) is 20.0. The van der Waals surface area contributed by atoms with Crippen LogP contribution in [-0.2, 0) is 16.6 Å². The second kappa shape index (κ2) is 9.53. The molecule has 0 atom stereocenters. The van der Waals surface area contributed by atoms with Crippen LogP contribution in [-0.4, -0.2) is 35.6 Å². The topological polar surface area (TPSA) is 84.9 Å². The van der Waals surface area contributed by atoms with Gasteiger partial charge in [-0.25, -0.2) is 8.42 Å². The van der Waals surface area contributed by atoms with E-state index in [0.717, 1.165) is 15.6 Å². The SMILES string of the molecule is COc1ccc(CNC(=O)c2cccc(N(C)S(=O)(=O)c3ccc(OC)cc3)c2)cc1. The molecular weight excluding hydrogens is 416 g/mol. The van der Waals surface area contributed by atoms with Gasteiger partial charge < -0.3 is 14.8 Å². The molecule has 0 aliphatic heterocycles. The third kappa shape index (κ3) is 5.16. The highest BCUT2D eigenvalue weighted by molar-refractivity contribution is 7.92. The van der Waals surface area contributed by atoms with E-state index in [2.05, 4.69) is 5.32 Å². The van der Waals surface area contributed by atoms with E-state index in [-0.39, 0.29) is 10.8 Å². The first kappa shape index (κ1) is 22.2. The third-order valence-corrected chi connectivity index (χ3v) is 6.60. The average molecular weight is 441 g/mol. The van der Waals surface area contributed by atoms with E-state index >= 15 is 0 Å². The van der Waals surface area contributed by atoms with Gasteiger partial charge in [0.2, 0.25) is 0 Å². The van der Waals surface area contributed by atoms with Gasteiger partial charge in [0, 0.05) is 19.2 Å². The summed E-state index contributed by atoms with van der Waals surface area (Å²) in [5.41, 5.74) is 1.67. The van der Waals surface area contributed by atoms with E-state index in [9.17, 15) is 13.2 Å². The van der Waals surface area contributed by atoms with Crippen molar-refractivity contribution in [1.82, 2.24) is 5.32 Å². The van der Waals surface area contributed by atoms with Crippen molar-refractivity contribution in [3.05, 3.63) is 83.9 Å². The quantitative estimate of drug-likeness (QED) is 0.580. The zero-order chi connectivity index (χ0) is 22.4. The number of anilines is 1. The Morgan fingerprint density at radius 1 is 0.903 bits per heavy atom. The molecule has 1 amide bonds. The van der Waals surface area contributed by atoms with Crippen molar-refractivity contribution < 1.29 is 22.7 Å². The molecule has 0 bridgehead atoms. The fraction of sp³-hybridized carbons (Fsp3) is 0.174. The lowest BCUT2D eigenvalue weighted by molar-refractivity contribution is 0.0951. The van der Waals surface area contributed by atoms with Crippen molar-refractivity contribution in [2.75, 3.05) is 25.6 Å². The second-order valence-corrected chi connectivity index (χ2v) is 8.70. The molecule has 3 aromatic rings. The Balaban J connectivity index is 1.73. The van der Waals surface area contributed by atoms with Crippen LogP contribution in [0.15, 0.2) is 77.7 Å². The first-order chi connectivity index (χ1) is 14.8. The van der Waals surface area contributed by atoms with E-state index in [1.165, 1.54) is 26.3 Å². The van der Waals surface area contributed by atoms with E-state index in [1.54, 1.807) is 43.5 Å². The maximum Gasteiger partial charge on any atom is 0.264 e. The zero-order valence-corrected chi connectivity index (χ0v) is 18.3. The van der Waals surface area contributed by atoms with Crippen LogP contribution >= 0.6 is 0 Å². The van der Waals surface area contributed by atoms with Crippen LogP contribution in [0, 0.1) is 0 Å². The van der Waals surface area contributed by atoms with Crippen LogP contribution in [0.4, 0.5) is 5.69 Å². The lowest BCUT2D eigenvalue weighted by Crippen LogP contribution is -2.27. The van der Waals surface area contributed by atoms with Gasteiger partial charge in [-0.2, -0.15) is 0 Å². The number of methoxy groups -OCH3 is 2. The monoisotopic (exact) mass is 440 g/mol. The van der Waals surface area contributed by atoms with Gasteiger partial charge in [-0.05, 0) is 60.2 Å². The Morgan fingerprint density at radius 3 is 2.06 bits per heavy atom. The lowest BCUT2D eigenvalue weighted by Gasteiger charge is -2.20. The fourth-order valence-corrected chi connectivity index (χ4v) is 4.10. The van der Waals surface area contributed by atoms with Gasteiger partial charge in [0.1, 0.15) is 11.5 Å². The standard InChI is InChI=1S/C23H24N2O5S/c1-25(31(27,28)22-13-11-21(30-3)12-14-22)19-6-4-5-18(15-19)23(26)24-16-17-7-9-20(29-2)10-8-17/h4-15H,16H2,1-3H3,(H,24,26). The number of ether oxygens (including phenoxy) is 2. The molecule has 31 heavy (non-hydrogen) atoms. The number of carbonyl (C=O) groups is 1. The number of nitrogens with one attached hydrogen (secondary N) is 1. The molecule has 162 valence electrons. The van der Waals surface area contributed by atoms with Gasteiger partial charge >= 0.3 is 0 Å². The van der Waals surface area contributed by atoms with E-state index < -0.39 is 10.0 Å². The number of carbonyl (C=O) groups excluding carboxylic acids is 1. The van der Waals surface area contributed by atoms with E-state index in [0.29, 0.717) is 23.5 Å². The molecule has 0 aliphatic carbocycles. The number of hydrogen-bond acceptors (Lipinski definition) is 5. The van der Waals surface area contributed by atoms with Crippen molar-refractivity contribution in [2.24, 2.45) is 0 Å². The lowest BCUT2D eigenvalue weighted by atomic mass is 10.1. The molecule has 0 heterocycles. The summed E-state index contributed by atoms with van der Waals surface area (Å²) in [5.74, 6) is 1.01. The van der Waals surface area contributed by atoms with E-state index in [4.69, 9.17) is 9.47 Å². The molecule has 0 radical (unpaired) electrons. The summed E-state index contributed by atoms with van der Waals surface area (Å²) < 4.78 is 37.2. The Kier molecular flexibility index (Phi) is 6.81. The number of sulfonamides is 1. The van der Waals surface area contributed by atoms with Gasteiger partial charge in [-0.3, -0.25) is 9.10 Å². The van der Waals surface area contributed by atoms with Crippen molar-refractivity contribution in [3.63, 3.8) is 0 Å². The van der Waals surface area contributed by atoms with Crippen LogP contribution in [0.2, 0.25) is 0 Å². The molecule has 0 unspecified atom stereocenters. The van der Waals surface area contributed by atoms with Crippen LogP contribution in [0.3, 0.4) is 0 Å². The Labute approximate surface area is 182 Å². The predicted octanol–water partition coefficient (Wildman–Crippen LogP) is 3.46. The predicted molar refractivity (Wildman–Crippen MR) is 119 cm³/mol. The van der Waals surface area contributed by atoms with Crippen LogP contribution < -0.4 is 19.1 Å². The first-order valence-corrected chi connectivity index (χ1v) is 10.9. The molecule has 3 aromatic carbocycles. The molecule has 0 aromatic heterocycles. The van der Waals surface area contributed by atoms with E-state index in [1.807, 2.05) is 24.3 Å². The molecule has 0 saturated carbocycles. The molecule has 0 saturated heterocycles. The number of nitrogens with zero attached hydrogens (tertiary/aromatic N) is 1. The van der Waals surface area contributed by atoms with Crippen molar-refractivity contribution >= 4 is 21.6 Å². The van der Waals surface area contributed by atoms with Crippen molar-refractivity contribution in [1.29, 1.82) is 0 Å². The Hall–Kier alpha value is -3.52. The Bertz CT molecular complexity index is 1140. The molecule has 0 spiro atoms. The van der Waals surface area contributed by atoms with Crippen LogP contribution in [0.5, 0.6) is 11.5 Å². The number of benzene rings is 3. The molecule has 1 N–H and O–H groups in total. The minimum Gasteiger partial charge on any atom is -0.497 e. The van der Waals surface area contributed by atoms with Gasteiger partial charge in [0.25, 0.3) is 15.9 Å². The first-order valence-electron chi connectivity index (χ1n) is 9.49. The molecule has 8 heteroatoms. The smallest absolute Gasteiger partial charge is 0.264 e. The fourth-order valence-electron chi connectivity index (χ4n) is 2.92. The maximum atomic E-state index is 13.0. The third-order valence-electron chi connectivity index (χ3n) is 4.80. The highest BCUT2D eigenvalue weighted by atomic mass is 32.2. The van der Waals surface area contributed by atoms with Gasteiger partial charge in [0.05, 0.1) is 24.8 Å². The van der Waals surface area contributed by atoms with Gasteiger partial charge in [-0.1, -0.05) is 18.2 Å². The van der Waals surface area contributed by atoms with Gasteiger partial charge in [-0.15, -0.1) is 0 Å². The number of hydrogen-bond donors (Lipinski definition) is 1. The van der Waals surface area contributed by atoms with Crippen molar-refractivity contribution in [2.45, 2.75) is 11.4 Å². The summed E-state index contributed by atoms with van der Waals surface area (Å²) in [7, 11) is 0.773. The second-order valence-electron chi connectivity index (χ2n) is 6.73. The highest BCUT2D eigenvalue weighted by Gasteiger charge is 2.22. The Morgan fingerprint density at radius 2 is 1.48 bits per heavy atom. The zero-order valence-electron chi connectivity index (χ0n) is 17.5. The number of amides is 1. The van der Waals surface area contributed by atoms with Crippen LogP contribution in [0.1, 0.15) is 15.9 Å². The minimum atomic E-state index is -3.79. The minimum absolute atomic E-state index is 0.130. The van der Waals surface area contributed by atoms with Crippen molar-refractivity contribution in [3.8, 4) is 11.5 Å². The van der Waals surface area contributed by atoms with Crippen LogP contribution in [0.25, 0.3) is 0 Å². The highest BCUT2D eigenvalue weighted by Crippen LogP contribution is 2.24. The summed E-state index contributed by atoms with van der Waals surface area (Å²) in [6.45, 7) is 0.340.